The van der Waals surface area contributed by atoms with Gasteiger partial charge in [0.15, 0.2) is 0 Å². The molecule has 0 aliphatic rings. The Morgan fingerprint density at radius 1 is 1.32 bits per heavy atom. The molecule has 0 saturated heterocycles. The molecule has 1 N–H and O–H groups in total. The first kappa shape index (κ1) is 14.0. The highest BCUT2D eigenvalue weighted by Crippen LogP contribution is 2.26. The highest BCUT2D eigenvalue weighted by Gasteiger charge is 2.15. The minimum absolute atomic E-state index is 0.106. The molecule has 0 spiro atoms. The molecule has 1 heterocycles. The van der Waals surface area contributed by atoms with Crippen LogP contribution in [0, 0.1) is 0 Å². The summed E-state index contributed by atoms with van der Waals surface area (Å²) < 4.78 is 0.707. The van der Waals surface area contributed by atoms with Gasteiger partial charge in [-0.25, -0.2) is 0 Å². The van der Waals surface area contributed by atoms with Crippen LogP contribution in [0.2, 0.25) is 5.02 Å². The molecule has 1 aromatic carbocycles. The van der Waals surface area contributed by atoms with Crippen LogP contribution in [0.15, 0.2) is 47.2 Å². The molecule has 0 aliphatic heterocycles. The van der Waals surface area contributed by atoms with Crippen molar-refractivity contribution in [1.29, 1.82) is 0 Å². The Kier molecular flexibility index (Phi) is 4.56. The number of aromatic nitrogens is 1. The lowest BCUT2D eigenvalue weighted by Gasteiger charge is -2.15. The summed E-state index contributed by atoms with van der Waals surface area (Å²) in [6.07, 6.45) is 3.40. The maximum atomic E-state index is 12.2. The van der Waals surface area contributed by atoms with Crippen LogP contribution >= 0.6 is 27.5 Å². The Balaban J connectivity index is 2.16. The first-order chi connectivity index (χ1) is 9.09. The molecule has 5 heteroatoms. The predicted molar refractivity (Wildman–Crippen MR) is 79.3 cm³/mol. The molecule has 19 heavy (non-hydrogen) atoms. The van der Waals surface area contributed by atoms with Crippen LogP contribution in [0.5, 0.6) is 0 Å². The highest BCUT2D eigenvalue weighted by atomic mass is 79.9. The summed E-state index contributed by atoms with van der Waals surface area (Å²) in [6, 6.07) is 8.90. The topological polar surface area (TPSA) is 42.0 Å². The van der Waals surface area contributed by atoms with E-state index in [2.05, 4.69) is 26.2 Å². The maximum absolute atomic E-state index is 12.2. The average molecular weight is 340 g/mol. The van der Waals surface area contributed by atoms with Crippen molar-refractivity contribution in [2.24, 2.45) is 0 Å². The van der Waals surface area contributed by atoms with Crippen LogP contribution in [0.1, 0.15) is 28.9 Å². The zero-order chi connectivity index (χ0) is 13.8. The van der Waals surface area contributed by atoms with Crippen molar-refractivity contribution in [3.63, 3.8) is 0 Å². The van der Waals surface area contributed by atoms with Gasteiger partial charge in [0.1, 0.15) is 0 Å². The van der Waals surface area contributed by atoms with Crippen molar-refractivity contribution in [2.75, 3.05) is 0 Å². The number of pyridine rings is 1. The maximum Gasteiger partial charge on any atom is 0.253 e. The van der Waals surface area contributed by atoms with Crippen molar-refractivity contribution in [1.82, 2.24) is 10.3 Å². The Morgan fingerprint density at radius 2 is 2.00 bits per heavy atom. The molecular formula is C14H12BrClN2O. The van der Waals surface area contributed by atoms with E-state index in [9.17, 15) is 4.79 Å². The molecular weight excluding hydrogens is 328 g/mol. The van der Waals surface area contributed by atoms with Crippen molar-refractivity contribution in [2.45, 2.75) is 13.0 Å². The molecule has 2 aromatic rings. The van der Waals surface area contributed by atoms with Gasteiger partial charge >= 0.3 is 0 Å². The lowest BCUT2D eigenvalue weighted by molar-refractivity contribution is 0.0940. The van der Waals surface area contributed by atoms with Gasteiger partial charge in [0.05, 0.1) is 16.6 Å². The van der Waals surface area contributed by atoms with Crippen molar-refractivity contribution >= 4 is 33.4 Å². The number of nitrogens with zero attached hydrogens (tertiary/aromatic N) is 1. The SMILES string of the molecule is CC(NC(=O)c1cccc(Br)c1Cl)c1ccncc1. The molecule has 0 radical (unpaired) electrons. The Hall–Kier alpha value is -1.39. The van der Waals surface area contributed by atoms with E-state index in [0.717, 1.165) is 5.56 Å². The zero-order valence-electron chi connectivity index (χ0n) is 10.2. The van der Waals surface area contributed by atoms with Gasteiger partial charge in [0.2, 0.25) is 0 Å². The monoisotopic (exact) mass is 338 g/mol. The van der Waals surface area contributed by atoms with Crippen LogP contribution in [-0.4, -0.2) is 10.9 Å². The van der Waals surface area contributed by atoms with Gasteiger partial charge in [-0.15, -0.1) is 0 Å². The fraction of sp³-hybridized carbons (Fsp3) is 0.143. The molecule has 1 amide bonds. The van der Waals surface area contributed by atoms with Gasteiger partial charge in [-0.2, -0.15) is 0 Å². The van der Waals surface area contributed by atoms with Gasteiger partial charge in [-0.05, 0) is 52.7 Å². The number of hydrogen-bond acceptors (Lipinski definition) is 2. The minimum atomic E-state index is -0.199. The van der Waals surface area contributed by atoms with E-state index in [1.165, 1.54) is 0 Å². The summed E-state index contributed by atoms with van der Waals surface area (Å²) in [5.74, 6) is -0.199. The van der Waals surface area contributed by atoms with Crippen LogP contribution in [0.4, 0.5) is 0 Å². The van der Waals surface area contributed by atoms with Crippen LogP contribution in [0.25, 0.3) is 0 Å². The molecule has 98 valence electrons. The van der Waals surface area contributed by atoms with Gasteiger partial charge in [0, 0.05) is 16.9 Å². The van der Waals surface area contributed by atoms with Gasteiger partial charge < -0.3 is 5.32 Å². The number of nitrogens with one attached hydrogen (secondary N) is 1. The number of benzene rings is 1. The Morgan fingerprint density at radius 3 is 2.68 bits per heavy atom. The van der Waals surface area contributed by atoms with Crippen molar-refractivity contribution in [3.8, 4) is 0 Å². The minimum Gasteiger partial charge on any atom is -0.345 e. The van der Waals surface area contributed by atoms with Gasteiger partial charge in [0.25, 0.3) is 5.91 Å². The smallest absolute Gasteiger partial charge is 0.253 e. The van der Waals surface area contributed by atoms with Crippen molar-refractivity contribution in [3.05, 3.63) is 63.3 Å². The number of carbonyl (C=O) groups is 1. The van der Waals surface area contributed by atoms with Gasteiger partial charge in [-0.3, -0.25) is 9.78 Å². The lowest BCUT2D eigenvalue weighted by Crippen LogP contribution is -2.26. The van der Waals surface area contributed by atoms with E-state index in [1.807, 2.05) is 19.1 Å². The van der Waals surface area contributed by atoms with E-state index in [0.29, 0.717) is 15.1 Å². The van der Waals surface area contributed by atoms with Crippen LogP contribution in [0.3, 0.4) is 0 Å². The van der Waals surface area contributed by atoms with Crippen LogP contribution < -0.4 is 5.32 Å². The van der Waals surface area contributed by atoms with E-state index in [-0.39, 0.29) is 11.9 Å². The molecule has 1 unspecified atom stereocenters. The largest absolute Gasteiger partial charge is 0.345 e. The van der Waals surface area contributed by atoms with Crippen molar-refractivity contribution < 1.29 is 4.79 Å². The standard InChI is InChI=1S/C14H12BrClN2O/c1-9(10-5-7-17-8-6-10)18-14(19)11-3-2-4-12(15)13(11)16/h2-9H,1H3,(H,18,19). The molecule has 1 atom stereocenters. The third kappa shape index (κ3) is 3.33. The third-order valence-corrected chi connectivity index (χ3v) is 4.05. The molecule has 0 aliphatic carbocycles. The van der Waals surface area contributed by atoms with Crippen LogP contribution in [-0.2, 0) is 0 Å². The summed E-state index contributed by atoms with van der Waals surface area (Å²) in [5.41, 5.74) is 1.45. The van der Waals surface area contributed by atoms with E-state index >= 15 is 0 Å². The quantitative estimate of drug-likeness (QED) is 0.918. The fourth-order valence-electron chi connectivity index (χ4n) is 1.69. The number of amides is 1. The summed E-state index contributed by atoms with van der Waals surface area (Å²) in [7, 11) is 0. The molecule has 2 rings (SSSR count). The van der Waals surface area contributed by atoms with E-state index in [4.69, 9.17) is 11.6 Å². The number of halogens is 2. The van der Waals surface area contributed by atoms with Gasteiger partial charge in [-0.1, -0.05) is 17.7 Å². The lowest BCUT2D eigenvalue weighted by atomic mass is 10.1. The van der Waals surface area contributed by atoms with E-state index < -0.39 is 0 Å². The summed E-state index contributed by atoms with van der Waals surface area (Å²) >= 11 is 9.41. The fourth-order valence-corrected chi connectivity index (χ4v) is 2.27. The number of carbonyl (C=O) groups excluding carboxylic acids is 1. The zero-order valence-corrected chi connectivity index (χ0v) is 12.6. The second kappa shape index (κ2) is 6.17. The second-order valence-electron chi connectivity index (χ2n) is 4.08. The van der Waals surface area contributed by atoms with E-state index in [1.54, 1.807) is 30.6 Å². The third-order valence-electron chi connectivity index (χ3n) is 2.75. The predicted octanol–water partition coefficient (Wildman–Crippen LogP) is 3.99. The summed E-state index contributed by atoms with van der Waals surface area (Å²) in [5, 5.41) is 3.33. The normalized spacial score (nSPS) is 11.9. The number of rotatable bonds is 3. The first-order valence-electron chi connectivity index (χ1n) is 5.74. The summed E-state index contributed by atoms with van der Waals surface area (Å²) in [6.45, 7) is 1.92. The number of hydrogen-bond donors (Lipinski definition) is 1. The average Bonchev–Trinajstić information content (AvgIpc) is 2.42. The molecule has 1 aromatic heterocycles. The molecule has 0 bridgehead atoms. The first-order valence-corrected chi connectivity index (χ1v) is 6.91. The highest BCUT2D eigenvalue weighted by molar-refractivity contribution is 9.10. The Bertz CT molecular complexity index is 589. The Labute approximate surface area is 125 Å². The molecule has 0 fully saturated rings. The molecule has 0 saturated carbocycles. The second-order valence-corrected chi connectivity index (χ2v) is 5.31. The summed E-state index contributed by atoms with van der Waals surface area (Å²) in [4.78, 5) is 16.1. The molecule has 3 nitrogen and oxygen atoms in total.